The molecule has 6 nitrogen and oxygen atoms in total. The van der Waals surface area contributed by atoms with Gasteiger partial charge >= 0.3 is 17.9 Å². The van der Waals surface area contributed by atoms with Crippen molar-refractivity contribution in [3.63, 3.8) is 0 Å². The fourth-order valence-electron chi connectivity index (χ4n) is 11.2. The van der Waals surface area contributed by atoms with Crippen molar-refractivity contribution in [2.75, 3.05) is 13.2 Å². The smallest absolute Gasteiger partial charge is 0.306 e. The van der Waals surface area contributed by atoms with Gasteiger partial charge in [0.15, 0.2) is 6.10 Å². The Hall–Kier alpha value is -2.37. The monoisotopic (exact) mass is 1140 g/mol. The number of carbonyl (C=O) groups excluding carboxylic acids is 3. The van der Waals surface area contributed by atoms with Crippen LogP contribution < -0.4 is 0 Å². The van der Waals surface area contributed by atoms with Gasteiger partial charge in [-0.05, 0) is 57.8 Å². The molecule has 0 radical (unpaired) electrons. The first-order valence-electron chi connectivity index (χ1n) is 36.5. The molecule has 1 atom stereocenters. The highest BCUT2D eigenvalue weighted by molar-refractivity contribution is 5.71. The molecule has 81 heavy (non-hydrogen) atoms. The summed E-state index contributed by atoms with van der Waals surface area (Å²) in [7, 11) is 0. The van der Waals surface area contributed by atoms with Gasteiger partial charge in [-0.1, -0.05) is 365 Å². The standard InChI is InChI=1S/C75H140O6/c1-4-7-10-13-16-19-21-23-25-27-29-31-32-33-34-35-36-37-38-39-40-41-42-44-45-47-49-51-53-56-59-62-65-68-74(77)80-71-72(70-79-73(76)67-64-61-58-55-18-15-12-9-6-3)81-75(78)69-66-63-60-57-54-52-50-48-46-43-30-28-26-24-22-20-17-14-11-8-5-2/h21,23,27,29,32-33,72H,4-20,22,24-26,28,30-31,34-71H2,1-3H3/b23-21-,29-27-,33-32-. The lowest BCUT2D eigenvalue weighted by Gasteiger charge is -2.18. The van der Waals surface area contributed by atoms with E-state index in [2.05, 4.69) is 57.2 Å². The molecule has 0 bridgehead atoms. The summed E-state index contributed by atoms with van der Waals surface area (Å²) in [5.74, 6) is -0.836. The summed E-state index contributed by atoms with van der Waals surface area (Å²) in [6.07, 6.45) is 87.7. The van der Waals surface area contributed by atoms with Crippen LogP contribution in [-0.4, -0.2) is 37.2 Å². The number of ether oxygens (including phenoxy) is 3. The maximum Gasteiger partial charge on any atom is 0.306 e. The van der Waals surface area contributed by atoms with Crippen LogP contribution in [-0.2, 0) is 28.6 Å². The maximum absolute atomic E-state index is 12.9. The molecule has 0 N–H and O–H groups in total. The molecule has 1 unspecified atom stereocenters. The molecule has 0 fully saturated rings. The first-order valence-corrected chi connectivity index (χ1v) is 36.5. The van der Waals surface area contributed by atoms with Crippen LogP contribution in [0.4, 0.5) is 0 Å². The average molecular weight is 1140 g/mol. The zero-order valence-electron chi connectivity index (χ0n) is 54.8. The van der Waals surface area contributed by atoms with Crippen molar-refractivity contribution in [2.45, 2.75) is 412 Å². The molecule has 6 heteroatoms. The molecule has 0 heterocycles. The highest BCUT2D eigenvalue weighted by Crippen LogP contribution is 2.19. The Labute approximate surface area is 506 Å². The van der Waals surface area contributed by atoms with E-state index < -0.39 is 6.10 Å². The van der Waals surface area contributed by atoms with Crippen molar-refractivity contribution in [3.8, 4) is 0 Å². The molecule has 0 saturated carbocycles. The third kappa shape index (κ3) is 68.3. The third-order valence-electron chi connectivity index (χ3n) is 16.6. The van der Waals surface area contributed by atoms with Crippen LogP contribution in [0.25, 0.3) is 0 Å². The minimum absolute atomic E-state index is 0.0647. The summed E-state index contributed by atoms with van der Waals surface area (Å²) in [4.78, 5) is 38.3. The number of esters is 3. The summed E-state index contributed by atoms with van der Waals surface area (Å²) in [6.45, 7) is 6.68. The first-order chi connectivity index (χ1) is 40.0. The summed E-state index contributed by atoms with van der Waals surface area (Å²) in [5.41, 5.74) is 0. The summed E-state index contributed by atoms with van der Waals surface area (Å²) in [6, 6.07) is 0. The molecule has 476 valence electrons. The van der Waals surface area contributed by atoms with E-state index in [1.807, 2.05) is 0 Å². The molecule has 0 aliphatic heterocycles. The zero-order valence-corrected chi connectivity index (χ0v) is 54.8. The molecular weight excluding hydrogens is 997 g/mol. The summed E-state index contributed by atoms with van der Waals surface area (Å²) in [5, 5.41) is 0. The van der Waals surface area contributed by atoms with E-state index in [9.17, 15) is 14.4 Å². The van der Waals surface area contributed by atoms with Crippen LogP contribution in [0, 0.1) is 0 Å². The fraction of sp³-hybridized carbons (Fsp3) is 0.880. The second-order valence-corrected chi connectivity index (χ2v) is 24.9. The number of hydrogen-bond donors (Lipinski definition) is 0. The van der Waals surface area contributed by atoms with E-state index in [1.165, 1.54) is 295 Å². The van der Waals surface area contributed by atoms with Gasteiger partial charge in [0.1, 0.15) is 13.2 Å². The molecule has 0 rings (SSSR count). The lowest BCUT2D eigenvalue weighted by Crippen LogP contribution is -2.30. The quantitative estimate of drug-likeness (QED) is 0.0261. The van der Waals surface area contributed by atoms with Crippen molar-refractivity contribution < 1.29 is 28.6 Å². The topological polar surface area (TPSA) is 78.9 Å². The molecule has 0 aromatic carbocycles. The van der Waals surface area contributed by atoms with Crippen molar-refractivity contribution in [1.29, 1.82) is 0 Å². The van der Waals surface area contributed by atoms with Crippen LogP contribution in [0.15, 0.2) is 36.5 Å². The van der Waals surface area contributed by atoms with Gasteiger partial charge in [-0.2, -0.15) is 0 Å². The van der Waals surface area contributed by atoms with Gasteiger partial charge < -0.3 is 14.2 Å². The number of allylic oxidation sites excluding steroid dienone is 6. The average Bonchev–Trinajstić information content (AvgIpc) is 3.47. The molecule has 0 amide bonds. The van der Waals surface area contributed by atoms with Gasteiger partial charge in [0.05, 0.1) is 0 Å². The Morgan fingerprint density at radius 2 is 0.444 bits per heavy atom. The Bertz CT molecular complexity index is 1350. The molecule has 0 aliphatic carbocycles. The SMILES string of the molecule is CCCCCCC/C=C\C/C=C\C/C=C\CCCCCCCCCCCCCCCCCCCCC(=O)OCC(COC(=O)CCCCCCCCCCC)OC(=O)CCCCCCCCCCCCCCCCCCCCCCC. The molecule has 0 aliphatic rings. The van der Waals surface area contributed by atoms with Crippen molar-refractivity contribution >= 4 is 17.9 Å². The molecule has 0 aromatic heterocycles. The Morgan fingerprint density at radius 3 is 0.691 bits per heavy atom. The normalized spacial score (nSPS) is 12.2. The second-order valence-electron chi connectivity index (χ2n) is 24.9. The Kier molecular flexibility index (Phi) is 68.1. The maximum atomic E-state index is 12.9. The van der Waals surface area contributed by atoms with Gasteiger partial charge in [0.2, 0.25) is 0 Å². The highest BCUT2D eigenvalue weighted by Gasteiger charge is 2.19. The first kappa shape index (κ1) is 78.6. The lowest BCUT2D eigenvalue weighted by molar-refractivity contribution is -0.167. The predicted molar refractivity (Wildman–Crippen MR) is 353 cm³/mol. The third-order valence-corrected chi connectivity index (χ3v) is 16.6. The van der Waals surface area contributed by atoms with E-state index in [-0.39, 0.29) is 31.1 Å². The molecule has 0 saturated heterocycles. The molecule has 0 spiro atoms. The van der Waals surface area contributed by atoms with Gasteiger partial charge in [-0.3, -0.25) is 14.4 Å². The van der Waals surface area contributed by atoms with Gasteiger partial charge in [-0.25, -0.2) is 0 Å². The van der Waals surface area contributed by atoms with Crippen molar-refractivity contribution in [3.05, 3.63) is 36.5 Å². The van der Waals surface area contributed by atoms with Crippen LogP contribution in [0.1, 0.15) is 406 Å². The summed E-state index contributed by atoms with van der Waals surface area (Å²) < 4.78 is 16.9. The van der Waals surface area contributed by atoms with Crippen molar-refractivity contribution in [2.24, 2.45) is 0 Å². The largest absolute Gasteiger partial charge is 0.462 e. The lowest BCUT2D eigenvalue weighted by atomic mass is 10.0. The minimum atomic E-state index is -0.766. The number of rotatable bonds is 68. The van der Waals surface area contributed by atoms with E-state index in [0.717, 1.165) is 70.6 Å². The van der Waals surface area contributed by atoms with Gasteiger partial charge in [0.25, 0.3) is 0 Å². The van der Waals surface area contributed by atoms with E-state index >= 15 is 0 Å². The van der Waals surface area contributed by atoms with Crippen LogP contribution in [0.2, 0.25) is 0 Å². The van der Waals surface area contributed by atoms with Gasteiger partial charge in [0, 0.05) is 19.3 Å². The van der Waals surface area contributed by atoms with Crippen LogP contribution in [0.3, 0.4) is 0 Å². The molecule has 0 aromatic rings. The van der Waals surface area contributed by atoms with Crippen LogP contribution >= 0.6 is 0 Å². The van der Waals surface area contributed by atoms with Gasteiger partial charge in [-0.15, -0.1) is 0 Å². The number of carbonyl (C=O) groups is 3. The van der Waals surface area contributed by atoms with Crippen LogP contribution in [0.5, 0.6) is 0 Å². The Morgan fingerprint density at radius 1 is 0.247 bits per heavy atom. The van der Waals surface area contributed by atoms with E-state index in [0.29, 0.717) is 19.3 Å². The number of hydrogen-bond acceptors (Lipinski definition) is 6. The minimum Gasteiger partial charge on any atom is -0.462 e. The van der Waals surface area contributed by atoms with E-state index in [4.69, 9.17) is 14.2 Å². The Balaban J connectivity index is 4.04. The van der Waals surface area contributed by atoms with Crippen molar-refractivity contribution in [1.82, 2.24) is 0 Å². The zero-order chi connectivity index (χ0) is 58.5. The fourth-order valence-corrected chi connectivity index (χ4v) is 11.2. The predicted octanol–water partition coefficient (Wildman–Crippen LogP) is 25.1. The molecular formula is C75H140O6. The second kappa shape index (κ2) is 70.1. The number of unbranched alkanes of at least 4 members (excludes halogenated alkanes) is 51. The summed E-state index contributed by atoms with van der Waals surface area (Å²) >= 11 is 0. The van der Waals surface area contributed by atoms with E-state index in [1.54, 1.807) is 0 Å². The highest BCUT2D eigenvalue weighted by atomic mass is 16.6.